The van der Waals surface area contributed by atoms with Gasteiger partial charge in [-0.1, -0.05) is 26.0 Å². The van der Waals surface area contributed by atoms with E-state index >= 15 is 0 Å². The highest BCUT2D eigenvalue weighted by Gasteiger charge is 2.23. The molecule has 1 fully saturated rings. The summed E-state index contributed by atoms with van der Waals surface area (Å²) in [7, 11) is 2.24. The fourth-order valence-electron chi connectivity index (χ4n) is 3.06. The molecule has 1 unspecified atom stereocenters. The van der Waals surface area contributed by atoms with Gasteiger partial charge in [0.15, 0.2) is 0 Å². The largest absolute Gasteiger partial charge is 0.490 e. The molecule has 1 aliphatic heterocycles. The zero-order valence-corrected chi connectivity index (χ0v) is 14.5. The number of likely N-dealkylation sites (N-methyl/N-ethyl adjacent to an activating group) is 1. The van der Waals surface area contributed by atoms with Crippen LogP contribution in [0.2, 0.25) is 0 Å². The molecule has 0 aromatic heterocycles. The average Bonchev–Trinajstić information content (AvgIpc) is 2.47. The van der Waals surface area contributed by atoms with Crippen molar-refractivity contribution in [1.82, 2.24) is 0 Å². The molecule has 4 heteroatoms. The van der Waals surface area contributed by atoms with Crippen LogP contribution in [0.15, 0.2) is 18.2 Å². The third kappa shape index (κ3) is 4.97. The standard InChI is InChI=1S/C18H30N2O2/c1-14(2)17-6-5-15(3)11-18(17)22-13-16(21)12-20-9-7-19(4)8-10-20/h5-6,11,14,16,21H,7-10,12-13H2,1-4H3/p+2. The summed E-state index contributed by atoms with van der Waals surface area (Å²) in [5, 5.41) is 10.3. The SMILES string of the molecule is Cc1ccc(C(C)C)c(OCC(O)C[NH+]2CC[NH+](C)CC2)c1. The highest BCUT2D eigenvalue weighted by molar-refractivity contribution is 5.39. The molecule has 1 heterocycles. The number of hydrogen-bond donors (Lipinski definition) is 3. The van der Waals surface area contributed by atoms with Gasteiger partial charge in [0.2, 0.25) is 0 Å². The average molecular weight is 308 g/mol. The number of aliphatic hydroxyl groups excluding tert-OH is 1. The lowest BCUT2D eigenvalue weighted by Crippen LogP contribution is -3.27. The molecule has 0 aliphatic carbocycles. The molecule has 3 N–H and O–H groups in total. The number of aryl methyl sites for hydroxylation is 1. The third-order valence-corrected chi connectivity index (χ3v) is 4.56. The van der Waals surface area contributed by atoms with E-state index in [0.29, 0.717) is 12.5 Å². The first-order valence-corrected chi connectivity index (χ1v) is 8.52. The van der Waals surface area contributed by atoms with Gasteiger partial charge in [-0.2, -0.15) is 0 Å². The van der Waals surface area contributed by atoms with Crippen molar-refractivity contribution in [2.75, 3.05) is 46.4 Å². The number of quaternary nitrogens is 2. The van der Waals surface area contributed by atoms with E-state index in [0.717, 1.165) is 25.4 Å². The summed E-state index contributed by atoms with van der Waals surface area (Å²) in [6.45, 7) is 12.3. The van der Waals surface area contributed by atoms with E-state index in [-0.39, 0.29) is 0 Å². The molecule has 22 heavy (non-hydrogen) atoms. The summed E-state index contributed by atoms with van der Waals surface area (Å²) in [6.07, 6.45) is -0.395. The molecule has 0 spiro atoms. The fraction of sp³-hybridized carbons (Fsp3) is 0.667. The second-order valence-corrected chi connectivity index (χ2v) is 7.07. The Kier molecular flexibility index (Phi) is 6.24. The van der Waals surface area contributed by atoms with Crippen LogP contribution in [0.5, 0.6) is 5.75 Å². The molecular formula is C18H32N2O2+2. The summed E-state index contributed by atoms with van der Waals surface area (Å²) in [5.74, 6) is 1.35. The molecular weight excluding hydrogens is 276 g/mol. The van der Waals surface area contributed by atoms with E-state index in [1.807, 2.05) is 0 Å². The molecule has 124 valence electrons. The van der Waals surface area contributed by atoms with Crippen molar-refractivity contribution in [3.05, 3.63) is 29.3 Å². The van der Waals surface area contributed by atoms with Crippen molar-refractivity contribution < 1.29 is 19.6 Å². The van der Waals surface area contributed by atoms with Crippen molar-refractivity contribution in [2.24, 2.45) is 0 Å². The van der Waals surface area contributed by atoms with Gasteiger partial charge in [-0.15, -0.1) is 0 Å². The number of aliphatic hydroxyl groups is 1. The van der Waals surface area contributed by atoms with Crippen LogP contribution in [0.25, 0.3) is 0 Å². The Hall–Kier alpha value is -1.10. The Bertz CT molecular complexity index is 468. The summed E-state index contributed by atoms with van der Waals surface area (Å²) in [5.41, 5.74) is 2.41. The Morgan fingerprint density at radius 2 is 1.86 bits per heavy atom. The van der Waals surface area contributed by atoms with Gasteiger partial charge in [-0.05, 0) is 30.0 Å². The van der Waals surface area contributed by atoms with Crippen molar-refractivity contribution in [2.45, 2.75) is 32.8 Å². The van der Waals surface area contributed by atoms with Gasteiger partial charge in [0, 0.05) is 0 Å². The molecule has 1 atom stereocenters. The molecule has 1 aliphatic rings. The van der Waals surface area contributed by atoms with Crippen LogP contribution in [0.1, 0.15) is 30.9 Å². The summed E-state index contributed by atoms with van der Waals surface area (Å²) in [4.78, 5) is 3.09. The van der Waals surface area contributed by atoms with E-state index in [9.17, 15) is 5.11 Å². The van der Waals surface area contributed by atoms with Crippen LogP contribution in [0.4, 0.5) is 0 Å². The van der Waals surface area contributed by atoms with Gasteiger partial charge in [-0.3, -0.25) is 0 Å². The number of ether oxygens (including phenoxy) is 1. The van der Waals surface area contributed by atoms with Crippen LogP contribution < -0.4 is 14.5 Å². The lowest BCUT2D eigenvalue weighted by atomic mass is 10.0. The zero-order valence-electron chi connectivity index (χ0n) is 14.5. The highest BCUT2D eigenvalue weighted by atomic mass is 16.5. The first-order chi connectivity index (χ1) is 10.5. The highest BCUT2D eigenvalue weighted by Crippen LogP contribution is 2.27. The third-order valence-electron chi connectivity index (χ3n) is 4.56. The van der Waals surface area contributed by atoms with Crippen LogP contribution in [0.3, 0.4) is 0 Å². The van der Waals surface area contributed by atoms with E-state index in [1.165, 1.54) is 29.1 Å². The lowest BCUT2D eigenvalue weighted by Gasteiger charge is -2.28. The molecule has 1 aromatic rings. The second kappa shape index (κ2) is 7.95. The van der Waals surface area contributed by atoms with E-state index < -0.39 is 6.10 Å². The Morgan fingerprint density at radius 1 is 1.18 bits per heavy atom. The van der Waals surface area contributed by atoms with Gasteiger partial charge in [0.1, 0.15) is 51.2 Å². The number of benzene rings is 1. The lowest BCUT2D eigenvalue weighted by molar-refractivity contribution is -1.00. The molecule has 0 amide bonds. The first kappa shape index (κ1) is 17.3. The summed E-state index contributed by atoms with van der Waals surface area (Å²) >= 11 is 0. The van der Waals surface area contributed by atoms with Gasteiger partial charge in [-0.25, -0.2) is 0 Å². The van der Waals surface area contributed by atoms with Crippen molar-refractivity contribution in [3.63, 3.8) is 0 Å². The maximum absolute atomic E-state index is 10.3. The molecule has 2 rings (SSSR count). The van der Waals surface area contributed by atoms with Gasteiger partial charge in [0.25, 0.3) is 0 Å². The van der Waals surface area contributed by atoms with Crippen molar-refractivity contribution >= 4 is 0 Å². The Morgan fingerprint density at radius 3 is 2.50 bits per heavy atom. The summed E-state index contributed by atoms with van der Waals surface area (Å²) < 4.78 is 5.94. The van der Waals surface area contributed by atoms with Crippen molar-refractivity contribution in [3.8, 4) is 5.75 Å². The fourth-order valence-corrected chi connectivity index (χ4v) is 3.06. The predicted octanol–water partition coefficient (Wildman–Crippen LogP) is -0.729. The minimum Gasteiger partial charge on any atom is -0.490 e. The predicted molar refractivity (Wildman–Crippen MR) is 89.0 cm³/mol. The first-order valence-electron chi connectivity index (χ1n) is 8.52. The maximum atomic E-state index is 10.3. The smallest absolute Gasteiger partial charge is 0.137 e. The molecule has 0 radical (unpaired) electrons. The van der Waals surface area contributed by atoms with Crippen LogP contribution in [-0.4, -0.2) is 57.6 Å². The van der Waals surface area contributed by atoms with Gasteiger partial charge in [0.05, 0.1) is 7.05 Å². The normalized spacial score (nSPS) is 23.5. The Labute approximate surface area is 134 Å². The molecule has 1 aromatic carbocycles. The van der Waals surface area contributed by atoms with Crippen LogP contribution in [-0.2, 0) is 0 Å². The van der Waals surface area contributed by atoms with Gasteiger partial charge < -0.3 is 19.6 Å². The second-order valence-electron chi connectivity index (χ2n) is 7.07. The molecule has 0 bridgehead atoms. The monoisotopic (exact) mass is 308 g/mol. The van der Waals surface area contributed by atoms with Crippen LogP contribution in [0, 0.1) is 6.92 Å². The van der Waals surface area contributed by atoms with Crippen molar-refractivity contribution in [1.29, 1.82) is 0 Å². The zero-order chi connectivity index (χ0) is 16.1. The molecule has 1 saturated heterocycles. The topological polar surface area (TPSA) is 38.3 Å². The van der Waals surface area contributed by atoms with E-state index in [4.69, 9.17) is 4.74 Å². The van der Waals surface area contributed by atoms with Gasteiger partial charge >= 0.3 is 0 Å². The maximum Gasteiger partial charge on any atom is 0.137 e. The number of rotatable bonds is 6. The number of piperazine rings is 1. The van der Waals surface area contributed by atoms with Crippen LogP contribution >= 0.6 is 0 Å². The van der Waals surface area contributed by atoms with E-state index in [1.54, 1.807) is 4.90 Å². The minimum absolute atomic E-state index is 0.384. The molecule has 4 nitrogen and oxygen atoms in total. The number of hydrogen-bond acceptors (Lipinski definition) is 2. The minimum atomic E-state index is -0.395. The quantitative estimate of drug-likeness (QED) is 0.648. The molecule has 0 saturated carbocycles. The Balaban J connectivity index is 1.85. The van der Waals surface area contributed by atoms with E-state index in [2.05, 4.69) is 46.0 Å². The number of nitrogens with one attached hydrogen (secondary N) is 2. The summed E-state index contributed by atoms with van der Waals surface area (Å²) in [6, 6.07) is 6.33.